The Hall–Kier alpha value is -0.900. The Labute approximate surface area is 77.5 Å². The summed E-state index contributed by atoms with van der Waals surface area (Å²) >= 11 is 0. The van der Waals surface area contributed by atoms with Crippen LogP contribution in [0.3, 0.4) is 0 Å². The van der Waals surface area contributed by atoms with Crippen molar-refractivity contribution in [3.05, 3.63) is 11.7 Å². The van der Waals surface area contributed by atoms with Gasteiger partial charge in [-0.1, -0.05) is 24.4 Å². The van der Waals surface area contributed by atoms with Gasteiger partial charge in [0.05, 0.1) is 6.04 Å². The Morgan fingerprint density at radius 1 is 1.62 bits per heavy atom. The number of hydrogen-bond acceptors (Lipinski definition) is 4. The van der Waals surface area contributed by atoms with Crippen LogP contribution >= 0.6 is 0 Å². The highest BCUT2D eigenvalue weighted by Gasteiger charge is 2.20. The first-order valence-electron chi connectivity index (χ1n) is 4.84. The maximum absolute atomic E-state index is 5.61. The van der Waals surface area contributed by atoms with Crippen LogP contribution in [-0.2, 0) is 6.42 Å². The van der Waals surface area contributed by atoms with Crippen molar-refractivity contribution in [1.82, 2.24) is 10.1 Å². The second-order valence-corrected chi connectivity index (χ2v) is 3.84. The fourth-order valence-corrected chi connectivity index (χ4v) is 1.49. The smallest absolute Gasteiger partial charge is 0.243 e. The fourth-order valence-electron chi connectivity index (χ4n) is 1.49. The van der Waals surface area contributed by atoms with Crippen molar-refractivity contribution in [3.63, 3.8) is 0 Å². The normalized spacial score (nSPS) is 19.8. The Bertz CT molecular complexity index is 278. The summed E-state index contributed by atoms with van der Waals surface area (Å²) in [6.45, 7) is 1.85. The molecular formula is C9H15N3O. The molecule has 1 atom stereocenters. The van der Waals surface area contributed by atoms with E-state index in [1.807, 2.05) is 6.92 Å². The van der Waals surface area contributed by atoms with E-state index in [4.69, 9.17) is 10.3 Å². The number of nitrogens with two attached hydrogens (primary N) is 1. The summed E-state index contributed by atoms with van der Waals surface area (Å²) in [5.74, 6) is 2.14. The highest BCUT2D eigenvalue weighted by atomic mass is 16.5. The van der Waals surface area contributed by atoms with Crippen molar-refractivity contribution < 1.29 is 4.52 Å². The van der Waals surface area contributed by atoms with Crippen molar-refractivity contribution >= 4 is 0 Å². The molecule has 0 amide bonds. The summed E-state index contributed by atoms with van der Waals surface area (Å²) in [7, 11) is 0. The Balaban J connectivity index is 1.96. The summed E-state index contributed by atoms with van der Waals surface area (Å²) in [6.07, 6.45) is 4.92. The van der Waals surface area contributed by atoms with E-state index >= 15 is 0 Å². The highest BCUT2D eigenvalue weighted by molar-refractivity contribution is 4.92. The first-order valence-corrected chi connectivity index (χ1v) is 4.84. The van der Waals surface area contributed by atoms with Gasteiger partial charge in [0, 0.05) is 6.42 Å². The first kappa shape index (κ1) is 8.69. The summed E-state index contributed by atoms with van der Waals surface area (Å²) < 4.78 is 5.01. The van der Waals surface area contributed by atoms with Crippen molar-refractivity contribution in [2.24, 2.45) is 11.7 Å². The number of nitrogens with zero attached hydrogens (tertiary/aromatic N) is 2. The number of hydrogen-bond donors (Lipinski definition) is 1. The third-order valence-electron chi connectivity index (χ3n) is 2.57. The van der Waals surface area contributed by atoms with E-state index in [9.17, 15) is 0 Å². The van der Waals surface area contributed by atoms with E-state index < -0.39 is 0 Å². The third-order valence-corrected chi connectivity index (χ3v) is 2.57. The Kier molecular flexibility index (Phi) is 2.31. The molecule has 4 nitrogen and oxygen atoms in total. The second-order valence-electron chi connectivity index (χ2n) is 3.84. The molecule has 1 aromatic heterocycles. The molecule has 0 unspecified atom stereocenters. The molecular weight excluding hydrogens is 166 g/mol. The van der Waals surface area contributed by atoms with E-state index in [-0.39, 0.29) is 6.04 Å². The molecule has 0 aromatic carbocycles. The predicted octanol–water partition coefficient (Wildman–Crippen LogP) is 1.43. The molecule has 2 rings (SSSR count). The molecule has 2 N–H and O–H groups in total. The largest absolute Gasteiger partial charge is 0.338 e. The maximum Gasteiger partial charge on any atom is 0.243 e. The first-order chi connectivity index (χ1) is 6.25. The van der Waals surface area contributed by atoms with Crippen LogP contribution in [0.4, 0.5) is 0 Å². The molecule has 1 fully saturated rings. The minimum absolute atomic E-state index is 0.150. The molecule has 1 aliphatic rings. The van der Waals surface area contributed by atoms with Crippen LogP contribution in [0.5, 0.6) is 0 Å². The van der Waals surface area contributed by atoms with E-state index in [1.54, 1.807) is 0 Å². The zero-order chi connectivity index (χ0) is 9.26. The van der Waals surface area contributed by atoms with Crippen LogP contribution in [0.1, 0.15) is 43.9 Å². The van der Waals surface area contributed by atoms with E-state index in [1.165, 1.54) is 19.3 Å². The van der Waals surface area contributed by atoms with Crippen molar-refractivity contribution in [3.8, 4) is 0 Å². The lowest BCUT2D eigenvalue weighted by molar-refractivity contribution is 0.301. The van der Waals surface area contributed by atoms with Crippen LogP contribution in [0.15, 0.2) is 4.52 Å². The Morgan fingerprint density at radius 3 is 2.85 bits per heavy atom. The molecule has 1 saturated carbocycles. The molecule has 0 bridgehead atoms. The monoisotopic (exact) mass is 181 g/mol. The van der Waals surface area contributed by atoms with E-state index in [0.29, 0.717) is 5.89 Å². The minimum Gasteiger partial charge on any atom is -0.338 e. The molecule has 1 aliphatic carbocycles. The zero-order valence-corrected chi connectivity index (χ0v) is 7.86. The molecule has 0 aliphatic heterocycles. The van der Waals surface area contributed by atoms with Crippen molar-refractivity contribution in [2.75, 3.05) is 0 Å². The second kappa shape index (κ2) is 3.46. The van der Waals surface area contributed by atoms with Crippen LogP contribution in [0.25, 0.3) is 0 Å². The topological polar surface area (TPSA) is 64.9 Å². The molecule has 0 saturated heterocycles. The highest BCUT2D eigenvalue weighted by Crippen LogP contribution is 2.28. The van der Waals surface area contributed by atoms with Crippen molar-refractivity contribution in [2.45, 2.75) is 38.6 Å². The van der Waals surface area contributed by atoms with Crippen LogP contribution in [0.2, 0.25) is 0 Å². The molecule has 0 spiro atoms. The standard InChI is InChI=1S/C9H15N3O/c1-6(10)9-11-8(12-13-9)5-7-3-2-4-7/h6-7H,2-5,10H2,1H3/t6-/m0/s1. The number of rotatable bonds is 3. The Morgan fingerprint density at radius 2 is 2.38 bits per heavy atom. The molecule has 72 valence electrons. The quantitative estimate of drug-likeness (QED) is 0.766. The van der Waals surface area contributed by atoms with Crippen LogP contribution < -0.4 is 5.73 Å². The van der Waals surface area contributed by atoms with Gasteiger partial charge in [-0.3, -0.25) is 0 Å². The SMILES string of the molecule is C[C@H](N)c1nc(CC2CCC2)no1. The maximum atomic E-state index is 5.61. The van der Waals surface area contributed by atoms with Crippen LogP contribution in [-0.4, -0.2) is 10.1 Å². The van der Waals surface area contributed by atoms with Gasteiger partial charge in [0.1, 0.15) is 0 Å². The van der Waals surface area contributed by atoms with Gasteiger partial charge in [0.2, 0.25) is 5.89 Å². The number of aromatic nitrogens is 2. The van der Waals surface area contributed by atoms with Crippen molar-refractivity contribution in [1.29, 1.82) is 0 Å². The summed E-state index contributed by atoms with van der Waals surface area (Å²) in [6, 6.07) is -0.150. The van der Waals surface area contributed by atoms with E-state index in [2.05, 4.69) is 10.1 Å². The predicted molar refractivity (Wildman–Crippen MR) is 47.9 cm³/mol. The fraction of sp³-hybridized carbons (Fsp3) is 0.778. The van der Waals surface area contributed by atoms with Gasteiger partial charge in [0.25, 0.3) is 0 Å². The van der Waals surface area contributed by atoms with Gasteiger partial charge in [0.15, 0.2) is 5.82 Å². The molecule has 1 heterocycles. The van der Waals surface area contributed by atoms with Gasteiger partial charge in [-0.15, -0.1) is 0 Å². The minimum atomic E-state index is -0.150. The average molecular weight is 181 g/mol. The lowest BCUT2D eigenvalue weighted by atomic mass is 9.83. The van der Waals surface area contributed by atoms with Gasteiger partial charge in [-0.25, -0.2) is 0 Å². The van der Waals surface area contributed by atoms with Gasteiger partial charge in [-0.05, 0) is 12.8 Å². The lowest BCUT2D eigenvalue weighted by Gasteiger charge is -2.23. The lowest BCUT2D eigenvalue weighted by Crippen LogP contribution is -2.14. The summed E-state index contributed by atoms with van der Waals surface area (Å²) in [5, 5.41) is 3.89. The van der Waals surface area contributed by atoms with Gasteiger partial charge in [-0.2, -0.15) is 4.98 Å². The van der Waals surface area contributed by atoms with Crippen LogP contribution in [0, 0.1) is 5.92 Å². The average Bonchev–Trinajstić information content (AvgIpc) is 2.44. The summed E-state index contributed by atoms with van der Waals surface area (Å²) in [5.41, 5.74) is 5.61. The van der Waals surface area contributed by atoms with E-state index in [0.717, 1.165) is 18.2 Å². The molecule has 1 aromatic rings. The molecule has 13 heavy (non-hydrogen) atoms. The summed E-state index contributed by atoms with van der Waals surface area (Å²) in [4.78, 5) is 4.23. The van der Waals surface area contributed by atoms with Gasteiger partial charge >= 0.3 is 0 Å². The molecule has 0 radical (unpaired) electrons. The molecule has 4 heteroatoms. The third kappa shape index (κ3) is 1.88. The zero-order valence-electron chi connectivity index (χ0n) is 7.86. The van der Waals surface area contributed by atoms with Gasteiger partial charge < -0.3 is 10.3 Å².